The summed E-state index contributed by atoms with van der Waals surface area (Å²) in [4.78, 5) is 17.2. The zero-order valence-corrected chi connectivity index (χ0v) is 17.4. The van der Waals surface area contributed by atoms with Crippen molar-refractivity contribution in [3.8, 4) is 5.75 Å². The molecule has 0 aliphatic rings. The highest BCUT2D eigenvalue weighted by atomic mass is 35.5. The predicted octanol–water partition coefficient (Wildman–Crippen LogP) is 5.49. The molecule has 1 unspecified atom stereocenters. The minimum Gasteiger partial charge on any atom is -0.492 e. The molecule has 0 N–H and O–H groups in total. The van der Waals surface area contributed by atoms with E-state index in [0.29, 0.717) is 28.5 Å². The van der Waals surface area contributed by atoms with Crippen molar-refractivity contribution < 1.29 is 19.0 Å². The third kappa shape index (κ3) is 5.56. The average molecular weight is 394 g/mol. The van der Waals surface area contributed by atoms with E-state index in [1.165, 1.54) is 0 Å². The van der Waals surface area contributed by atoms with Crippen LogP contribution in [0, 0.1) is 0 Å². The molecule has 0 radical (unpaired) electrons. The van der Waals surface area contributed by atoms with Gasteiger partial charge in [0.1, 0.15) is 5.75 Å². The van der Waals surface area contributed by atoms with Crippen LogP contribution in [0.1, 0.15) is 59.1 Å². The lowest BCUT2D eigenvalue weighted by atomic mass is 10.0. The van der Waals surface area contributed by atoms with Crippen molar-refractivity contribution >= 4 is 28.5 Å². The van der Waals surface area contributed by atoms with Gasteiger partial charge in [-0.2, -0.15) is 0 Å². The monoisotopic (exact) mass is 393 g/mol. The zero-order chi connectivity index (χ0) is 20.0. The fourth-order valence-corrected chi connectivity index (χ4v) is 2.98. The molecule has 1 atom stereocenters. The number of hydrogen-bond donors (Lipinski definition) is 0. The third-order valence-corrected chi connectivity index (χ3v) is 4.11. The summed E-state index contributed by atoms with van der Waals surface area (Å²) in [5.74, 6) is -0.0203. The van der Waals surface area contributed by atoms with Crippen LogP contribution in [0.15, 0.2) is 24.4 Å². The highest BCUT2D eigenvalue weighted by Gasteiger charge is 2.33. The highest BCUT2D eigenvalue weighted by molar-refractivity contribution is 6.33. The molecule has 1 aromatic carbocycles. The van der Waals surface area contributed by atoms with Gasteiger partial charge in [-0.25, -0.2) is 4.79 Å². The number of pyridine rings is 1. The van der Waals surface area contributed by atoms with E-state index in [4.69, 9.17) is 25.8 Å². The van der Waals surface area contributed by atoms with Gasteiger partial charge in [-0.1, -0.05) is 31.0 Å². The van der Waals surface area contributed by atoms with Gasteiger partial charge in [0.25, 0.3) is 0 Å². The fraction of sp³-hybridized carbons (Fsp3) is 0.524. The van der Waals surface area contributed by atoms with E-state index in [-0.39, 0.29) is 6.61 Å². The Labute approximate surface area is 166 Å². The molecule has 6 heteroatoms. The van der Waals surface area contributed by atoms with Crippen LogP contribution >= 0.6 is 11.6 Å². The van der Waals surface area contributed by atoms with Gasteiger partial charge in [-0.05, 0) is 46.2 Å². The van der Waals surface area contributed by atoms with E-state index in [1.807, 2.05) is 32.9 Å². The molecule has 1 aromatic heterocycles. The lowest BCUT2D eigenvalue weighted by Crippen LogP contribution is -2.29. The number of fused-ring (bicyclic) bond motifs is 1. The number of nitrogens with zero attached hydrogens (tertiary/aromatic N) is 1. The number of aromatic nitrogens is 1. The number of carbonyl (C=O) groups excluding carboxylic acids is 1. The van der Waals surface area contributed by atoms with Crippen LogP contribution in [0.4, 0.5) is 0 Å². The molecule has 0 saturated carbocycles. The normalized spacial score (nSPS) is 12.8. The topological polar surface area (TPSA) is 57.7 Å². The van der Waals surface area contributed by atoms with Gasteiger partial charge in [-0.3, -0.25) is 4.98 Å². The maximum absolute atomic E-state index is 12.8. The van der Waals surface area contributed by atoms with Gasteiger partial charge in [0.05, 0.1) is 29.4 Å². The summed E-state index contributed by atoms with van der Waals surface area (Å²) in [7, 11) is 0. The van der Waals surface area contributed by atoms with Crippen molar-refractivity contribution in [3.63, 3.8) is 0 Å². The van der Waals surface area contributed by atoms with Crippen molar-refractivity contribution in [1.29, 1.82) is 0 Å². The average Bonchev–Trinajstić information content (AvgIpc) is 2.60. The number of halogens is 1. The van der Waals surface area contributed by atoms with Gasteiger partial charge in [0.2, 0.25) is 0 Å². The van der Waals surface area contributed by atoms with E-state index >= 15 is 0 Å². The van der Waals surface area contributed by atoms with Crippen LogP contribution in [0.2, 0.25) is 5.02 Å². The summed E-state index contributed by atoms with van der Waals surface area (Å²) in [6, 6.07) is 5.45. The van der Waals surface area contributed by atoms with E-state index in [2.05, 4.69) is 11.9 Å². The first-order valence-electron chi connectivity index (χ1n) is 9.32. The van der Waals surface area contributed by atoms with Crippen LogP contribution in [0.5, 0.6) is 5.75 Å². The number of unbranched alkanes of at least 4 members (excludes halogenated alkanes) is 1. The Morgan fingerprint density at radius 1 is 1.30 bits per heavy atom. The van der Waals surface area contributed by atoms with Gasteiger partial charge >= 0.3 is 5.97 Å². The Kier molecular flexibility index (Phi) is 7.45. The zero-order valence-electron chi connectivity index (χ0n) is 16.7. The summed E-state index contributed by atoms with van der Waals surface area (Å²) in [5, 5.41) is 1.16. The quantitative estimate of drug-likeness (QED) is 0.438. The molecular formula is C21H28ClNO4. The molecule has 0 aliphatic carbocycles. The molecule has 1 heterocycles. The Hall–Kier alpha value is -1.85. The number of esters is 1. The van der Waals surface area contributed by atoms with Crippen LogP contribution < -0.4 is 4.74 Å². The van der Waals surface area contributed by atoms with E-state index < -0.39 is 17.7 Å². The van der Waals surface area contributed by atoms with Crippen LogP contribution in [0.3, 0.4) is 0 Å². The minimum atomic E-state index is -0.966. The molecule has 0 saturated heterocycles. The Morgan fingerprint density at radius 3 is 2.67 bits per heavy atom. The Morgan fingerprint density at radius 2 is 2.04 bits per heavy atom. The summed E-state index contributed by atoms with van der Waals surface area (Å²) >= 11 is 6.51. The van der Waals surface area contributed by atoms with Crippen molar-refractivity contribution in [2.24, 2.45) is 0 Å². The second-order valence-electron chi connectivity index (χ2n) is 7.24. The van der Waals surface area contributed by atoms with Crippen molar-refractivity contribution in [1.82, 2.24) is 4.98 Å². The molecule has 5 nitrogen and oxygen atoms in total. The first kappa shape index (κ1) is 21.5. The summed E-state index contributed by atoms with van der Waals surface area (Å²) in [6.07, 6.45) is 2.59. The molecule has 2 aromatic rings. The molecule has 0 fully saturated rings. The van der Waals surface area contributed by atoms with Gasteiger partial charge < -0.3 is 14.2 Å². The Bertz CT molecular complexity index is 786. The van der Waals surface area contributed by atoms with Crippen LogP contribution in [-0.2, 0) is 14.3 Å². The van der Waals surface area contributed by atoms with Gasteiger partial charge in [0, 0.05) is 17.1 Å². The van der Waals surface area contributed by atoms with Crippen molar-refractivity contribution in [3.05, 3.63) is 35.0 Å². The molecule has 0 aliphatic heterocycles. The van der Waals surface area contributed by atoms with Gasteiger partial charge in [0.15, 0.2) is 6.10 Å². The second kappa shape index (κ2) is 9.38. The largest absolute Gasteiger partial charge is 0.492 e. The molecular weight excluding hydrogens is 366 g/mol. The summed E-state index contributed by atoms with van der Waals surface area (Å²) in [5.41, 5.74) is 0.664. The maximum atomic E-state index is 12.8. The van der Waals surface area contributed by atoms with E-state index in [1.54, 1.807) is 19.2 Å². The number of carbonyl (C=O) groups is 1. The fourth-order valence-electron chi connectivity index (χ4n) is 2.72. The van der Waals surface area contributed by atoms with E-state index in [0.717, 1.165) is 18.2 Å². The van der Waals surface area contributed by atoms with Crippen molar-refractivity contribution in [2.75, 3.05) is 13.2 Å². The van der Waals surface area contributed by atoms with E-state index in [9.17, 15) is 4.79 Å². The number of benzene rings is 1. The second-order valence-corrected chi connectivity index (χ2v) is 7.64. The third-order valence-electron chi connectivity index (χ3n) is 3.83. The maximum Gasteiger partial charge on any atom is 0.340 e. The molecule has 148 valence electrons. The molecule has 0 spiro atoms. The number of ether oxygens (including phenoxy) is 3. The summed E-state index contributed by atoms with van der Waals surface area (Å²) in [6.45, 7) is 10.3. The minimum absolute atomic E-state index is 0.256. The van der Waals surface area contributed by atoms with Gasteiger partial charge in [-0.15, -0.1) is 0 Å². The lowest BCUT2D eigenvalue weighted by molar-refractivity contribution is -0.166. The van der Waals surface area contributed by atoms with Crippen LogP contribution in [-0.4, -0.2) is 29.8 Å². The predicted molar refractivity (Wildman–Crippen MR) is 107 cm³/mol. The molecule has 0 bridgehead atoms. The Balaban J connectivity index is 2.67. The number of hydrogen-bond acceptors (Lipinski definition) is 5. The first-order chi connectivity index (χ1) is 12.8. The molecule has 27 heavy (non-hydrogen) atoms. The molecule has 0 amide bonds. The smallest absolute Gasteiger partial charge is 0.340 e. The lowest BCUT2D eigenvalue weighted by Gasteiger charge is -2.28. The summed E-state index contributed by atoms with van der Waals surface area (Å²) < 4.78 is 17.4. The standard InChI is InChI=1S/C21H28ClNO4/c1-6-8-12-26-18-15(22)13-16-14(10-9-11-23-16)17(18)19(20(24)25-7-2)27-21(3,4)5/h9-11,13,19H,6-8,12H2,1-5H3. The highest BCUT2D eigenvalue weighted by Crippen LogP contribution is 2.42. The van der Waals surface area contributed by atoms with Crippen molar-refractivity contribution in [2.45, 2.75) is 59.2 Å². The SMILES string of the molecule is CCCCOc1c(Cl)cc2ncccc2c1C(OC(C)(C)C)C(=O)OCC. The number of rotatable bonds is 8. The first-order valence-corrected chi connectivity index (χ1v) is 9.70. The molecule has 2 rings (SSSR count). The van der Waals surface area contributed by atoms with Crippen LogP contribution in [0.25, 0.3) is 10.9 Å².